The van der Waals surface area contributed by atoms with Crippen LogP contribution >= 0.6 is 0 Å². The van der Waals surface area contributed by atoms with Gasteiger partial charge in [-0.15, -0.1) is 0 Å². The zero-order valence-corrected chi connectivity index (χ0v) is 38.6. The molecule has 60 heavy (non-hydrogen) atoms. The molecule has 2 saturated heterocycles. The highest BCUT2D eigenvalue weighted by molar-refractivity contribution is 5.73. The van der Waals surface area contributed by atoms with Crippen LogP contribution in [0.3, 0.4) is 0 Å². The Morgan fingerprint density at radius 1 is 1.02 bits per heavy atom. The second-order valence-electron chi connectivity index (χ2n) is 17.5. The molecule has 0 aliphatic carbocycles. The lowest BCUT2D eigenvalue weighted by Gasteiger charge is -2.48. The number of aliphatic hydroxyl groups is 5. The SMILES string of the molecule is CCC[C@@](C)(O)[C@H](OC1OC(C)CC(N(C)C)C1O)[C@@H](C)[C@H](OC1CC(C)(OC)C(O)C(C)O1)[C@@H](C)C(=O)O[C@H](CC)[C@@](C)(O)[C@H](O)[C@@H](C)/C=N\OCOCOCCOC. The summed E-state index contributed by atoms with van der Waals surface area (Å²) in [7, 11) is 6.78. The first-order valence-electron chi connectivity index (χ1n) is 21.3. The molecule has 5 N–H and O–H groups in total. The highest BCUT2D eigenvalue weighted by Gasteiger charge is 2.52. The fraction of sp³-hybridized carbons (Fsp3) is 0.952. The van der Waals surface area contributed by atoms with E-state index in [0.717, 1.165) is 0 Å². The molecule has 17 atom stereocenters. The van der Waals surface area contributed by atoms with E-state index in [9.17, 15) is 30.3 Å². The van der Waals surface area contributed by atoms with E-state index in [4.69, 9.17) is 47.5 Å². The van der Waals surface area contributed by atoms with Gasteiger partial charge in [0.25, 0.3) is 0 Å². The van der Waals surface area contributed by atoms with Crippen molar-refractivity contribution in [3.8, 4) is 0 Å². The maximum atomic E-state index is 14.3. The zero-order chi connectivity index (χ0) is 45.6. The van der Waals surface area contributed by atoms with E-state index >= 15 is 0 Å². The molecule has 2 rings (SSSR count). The fourth-order valence-electron chi connectivity index (χ4n) is 8.23. The summed E-state index contributed by atoms with van der Waals surface area (Å²) in [6, 6.07) is -0.289. The number of nitrogens with zero attached hydrogens (tertiary/aromatic N) is 2. The number of likely N-dealkylation sites (N-methyl/N-ethyl adjacent to an activating group) is 1. The predicted octanol–water partition coefficient (Wildman–Crippen LogP) is 2.57. The standard InChI is InChI=1S/C42H80N2O16/c1-15-17-40(8,49)37(60-39-33(45)30(44(11)12)20-26(4)56-39)27(5)34(59-32-21-41(9,52-14)36(47)29(7)57-32)28(6)38(48)58-31(16-2)42(10,50)35(46)25(3)22-43-55-24-54-23-53-19-18-51-13/h22,25-37,39,45-47,49-50H,15-21,23-24H2,1-14H3/b43-22-/t25-,26?,27-,28+,29?,30?,31+,32?,33?,34-,35+,36?,37+,39?,40+,41?,42+/m0/s1. The summed E-state index contributed by atoms with van der Waals surface area (Å²) in [6.45, 7) is 17.5. The number of methoxy groups -OCH3 is 2. The summed E-state index contributed by atoms with van der Waals surface area (Å²) in [4.78, 5) is 21.3. The lowest BCUT2D eigenvalue weighted by atomic mass is 9.79. The van der Waals surface area contributed by atoms with Crippen LogP contribution in [-0.2, 0) is 52.3 Å². The summed E-state index contributed by atoms with van der Waals surface area (Å²) in [6.07, 6.45) is -6.91. The number of hydrogen-bond donors (Lipinski definition) is 5. The molecular formula is C42H80N2O16. The van der Waals surface area contributed by atoms with E-state index in [1.807, 2.05) is 32.8 Å². The Hall–Kier alpha value is -1.62. The highest BCUT2D eigenvalue weighted by Crippen LogP contribution is 2.39. The molecule has 0 radical (unpaired) electrons. The third kappa shape index (κ3) is 15.0. The Bertz CT molecular complexity index is 1260. The molecule has 0 aromatic carbocycles. The Labute approximate surface area is 358 Å². The largest absolute Gasteiger partial charge is 0.459 e. The quantitative estimate of drug-likeness (QED) is 0.0263. The van der Waals surface area contributed by atoms with Crippen molar-refractivity contribution in [1.29, 1.82) is 0 Å². The van der Waals surface area contributed by atoms with Gasteiger partial charge in [0.2, 0.25) is 6.79 Å². The average molecular weight is 869 g/mol. The number of ether oxygens (including phenoxy) is 9. The Balaban J connectivity index is 2.44. The van der Waals surface area contributed by atoms with Crippen LogP contribution in [0.2, 0.25) is 0 Å². The van der Waals surface area contributed by atoms with Gasteiger partial charge in [-0.3, -0.25) is 4.79 Å². The van der Waals surface area contributed by atoms with Gasteiger partial charge < -0.3 is 77.9 Å². The van der Waals surface area contributed by atoms with Crippen LogP contribution in [0.4, 0.5) is 0 Å². The number of hydrogen-bond acceptors (Lipinski definition) is 18. The van der Waals surface area contributed by atoms with Crippen molar-refractivity contribution >= 4 is 12.2 Å². The van der Waals surface area contributed by atoms with Crippen molar-refractivity contribution in [3.63, 3.8) is 0 Å². The molecular weight excluding hydrogens is 788 g/mol. The normalized spacial score (nSPS) is 32.0. The topological polar surface area (TPSA) is 226 Å². The molecule has 8 unspecified atom stereocenters. The smallest absolute Gasteiger partial charge is 0.311 e. The molecule has 2 aliphatic rings. The van der Waals surface area contributed by atoms with Crippen LogP contribution in [0.5, 0.6) is 0 Å². The minimum atomic E-state index is -1.95. The molecule has 0 spiro atoms. The van der Waals surface area contributed by atoms with E-state index in [0.29, 0.717) is 32.5 Å². The molecule has 2 heterocycles. The maximum Gasteiger partial charge on any atom is 0.311 e. The van der Waals surface area contributed by atoms with E-state index in [1.165, 1.54) is 20.2 Å². The minimum absolute atomic E-state index is 0.0266. The molecule has 18 heteroatoms. The molecule has 0 aromatic heterocycles. The first-order valence-corrected chi connectivity index (χ1v) is 21.3. The van der Waals surface area contributed by atoms with Crippen LogP contribution in [0.15, 0.2) is 5.16 Å². The van der Waals surface area contributed by atoms with Gasteiger partial charge in [-0.05, 0) is 74.9 Å². The van der Waals surface area contributed by atoms with E-state index < -0.39 is 95.8 Å². The predicted molar refractivity (Wildman–Crippen MR) is 221 cm³/mol. The van der Waals surface area contributed by atoms with Gasteiger partial charge in [0.1, 0.15) is 23.9 Å². The number of esters is 1. The molecule has 0 amide bonds. The van der Waals surface area contributed by atoms with E-state index in [1.54, 1.807) is 55.6 Å². The van der Waals surface area contributed by atoms with Crippen molar-refractivity contribution in [2.45, 2.75) is 186 Å². The van der Waals surface area contributed by atoms with Crippen molar-refractivity contribution in [2.24, 2.45) is 22.9 Å². The van der Waals surface area contributed by atoms with Crippen LogP contribution < -0.4 is 0 Å². The van der Waals surface area contributed by atoms with E-state index in [-0.39, 0.29) is 38.6 Å². The van der Waals surface area contributed by atoms with Gasteiger partial charge >= 0.3 is 5.97 Å². The number of carbonyl (C=O) groups is 1. The van der Waals surface area contributed by atoms with Gasteiger partial charge in [-0.25, -0.2) is 0 Å². The number of oxime groups is 1. The first kappa shape index (κ1) is 54.5. The average Bonchev–Trinajstić information content (AvgIpc) is 3.19. The minimum Gasteiger partial charge on any atom is -0.459 e. The number of carbonyl (C=O) groups excluding carboxylic acids is 1. The van der Waals surface area contributed by atoms with Crippen molar-refractivity contribution < 1.29 is 77.8 Å². The second-order valence-corrected chi connectivity index (χ2v) is 17.5. The van der Waals surface area contributed by atoms with E-state index in [2.05, 4.69) is 5.16 Å². The Morgan fingerprint density at radius 3 is 2.27 bits per heavy atom. The molecule has 0 bridgehead atoms. The lowest BCUT2D eigenvalue weighted by molar-refractivity contribution is -0.317. The number of rotatable bonds is 27. The fourth-order valence-corrected chi connectivity index (χ4v) is 8.23. The third-order valence-corrected chi connectivity index (χ3v) is 12.1. The van der Waals surface area contributed by atoms with Gasteiger partial charge in [-0.2, -0.15) is 0 Å². The Morgan fingerprint density at radius 2 is 1.68 bits per heavy atom. The molecule has 0 saturated carbocycles. The van der Waals surface area contributed by atoms with Crippen molar-refractivity contribution in [2.75, 3.05) is 55.1 Å². The Kier molecular flexibility index (Phi) is 22.7. The van der Waals surface area contributed by atoms with Crippen molar-refractivity contribution in [1.82, 2.24) is 4.90 Å². The molecule has 354 valence electrons. The first-order chi connectivity index (χ1) is 28.0. The zero-order valence-electron chi connectivity index (χ0n) is 38.6. The van der Waals surface area contributed by atoms with Crippen LogP contribution in [0.1, 0.15) is 101 Å². The van der Waals surface area contributed by atoms with Gasteiger partial charge in [0.05, 0.1) is 60.9 Å². The van der Waals surface area contributed by atoms with Gasteiger partial charge in [-0.1, -0.05) is 39.3 Å². The molecule has 0 aromatic rings. The monoisotopic (exact) mass is 869 g/mol. The van der Waals surface area contributed by atoms with Gasteiger partial charge in [0, 0.05) is 44.7 Å². The highest BCUT2D eigenvalue weighted by atomic mass is 16.8. The van der Waals surface area contributed by atoms with Crippen LogP contribution in [-0.4, -0.2) is 182 Å². The van der Waals surface area contributed by atoms with Crippen molar-refractivity contribution in [3.05, 3.63) is 0 Å². The molecule has 2 fully saturated rings. The van der Waals surface area contributed by atoms with Gasteiger partial charge in [0.15, 0.2) is 19.4 Å². The lowest BCUT2D eigenvalue weighted by Crippen LogP contribution is -2.60. The van der Waals surface area contributed by atoms with Crippen LogP contribution in [0, 0.1) is 17.8 Å². The third-order valence-electron chi connectivity index (χ3n) is 12.1. The molecule has 18 nitrogen and oxygen atoms in total. The van der Waals surface area contributed by atoms with Crippen LogP contribution in [0.25, 0.3) is 0 Å². The summed E-state index contributed by atoms with van der Waals surface area (Å²) in [5.41, 5.74) is -4.51. The summed E-state index contributed by atoms with van der Waals surface area (Å²) >= 11 is 0. The summed E-state index contributed by atoms with van der Waals surface area (Å²) < 4.78 is 52.6. The number of aliphatic hydroxyl groups excluding tert-OH is 3. The summed E-state index contributed by atoms with van der Waals surface area (Å²) in [5.74, 6) is -3.38. The summed E-state index contributed by atoms with van der Waals surface area (Å²) in [5, 5.41) is 61.4. The second kappa shape index (κ2) is 25.0. The maximum absolute atomic E-state index is 14.3. The molecule has 2 aliphatic heterocycles.